The average Bonchev–Trinajstić information content (AvgIpc) is 3.19. The Morgan fingerprint density at radius 3 is 3.00 bits per heavy atom. The van der Waals surface area contributed by atoms with Crippen molar-refractivity contribution < 1.29 is 4.79 Å². The van der Waals surface area contributed by atoms with E-state index >= 15 is 0 Å². The Bertz CT molecular complexity index is 708. The minimum absolute atomic E-state index is 0.0826. The zero-order chi connectivity index (χ0) is 15.5. The van der Waals surface area contributed by atoms with Crippen LogP contribution in [0.3, 0.4) is 0 Å². The van der Waals surface area contributed by atoms with Crippen molar-refractivity contribution in [3.63, 3.8) is 0 Å². The van der Waals surface area contributed by atoms with Crippen LogP contribution in [-0.2, 0) is 6.54 Å². The first-order chi connectivity index (χ1) is 10.7. The molecule has 0 bridgehead atoms. The minimum Gasteiger partial charge on any atom is -0.329 e. The summed E-state index contributed by atoms with van der Waals surface area (Å²) in [5.74, 6) is -0.0826. The number of amides is 1. The van der Waals surface area contributed by atoms with Gasteiger partial charge in [-0.25, -0.2) is 4.68 Å². The number of aromatic nitrogens is 2. The summed E-state index contributed by atoms with van der Waals surface area (Å²) in [6.07, 6.45) is 2.80. The molecule has 116 valence electrons. The van der Waals surface area contributed by atoms with E-state index in [9.17, 15) is 9.59 Å². The van der Waals surface area contributed by atoms with Gasteiger partial charge in [0.2, 0.25) is 0 Å². The molecule has 0 spiro atoms. The molecule has 6 heteroatoms. The van der Waals surface area contributed by atoms with E-state index in [1.807, 2.05) is 23.3 Å². The molecule has 2 aromatic heterocycles. The molecule has 1 aliphatic heterocycles. The third-order valence-electron chi connectivity index (χ3n) is 3.91. The first-order valence-corrected chi connectivity index (χ1v) is 8.51. The molecule has 1 saturated heterocycles. The van der Waals surface area contributed by atoms with Crippen LogP contribution in [-0.4, -0.2) is 27.1 Å². The Kier molecular flexibility index (Phi) is 4.38. The predicted molar refractivity (Wildman–Crippen MR) is 86.1 cm³/mol. The third kappa shape index (κ3) is 2.83. The molecule has 1 amide bonds. The molecule has 1 atom stereocenters. The maximum Gasteiger partial charge on any atom is 0.274 e. The van der Waals surface area contributed by atoms with Crippen molar-refractivity contribution in [2.24, 2.45) is 0 Å². The average molecular weight is 317 g/mol. The highest BCUT2D eigenvalue weighted by Crippen LogP contribution is 2.35. The van der Waals surface area contributed by atoms with Crippen molar-refractivity contribution in [3.8, 4) is 0 Å². The highest BCUT2D eigenvalue weighted by atomic mass is 32.1. The lowest BCUT2D eigenvalue weighted by Gasteiger charge is -2.23. The molecule has 0 aliphatic carbocycles. The van der Waals surface area contributed by atoms with Crippen molar-refractivity contribution in [2.45, 2.75) is 38.8 Å². The maximum atomic E-state index is 12.8. The lowest BCUT2D eigenvalue weighted by Crippen LogP contribution is -2.33. The van der Waals surface area contributed by atoms with E-state index in [0.717, 1.165) is 25.8 Å². The monoisotopic (exact) mass is 317 g/mol. The number of hydrogen-bond acceptors (Lipinski definition) is 4. The molecule has 0 radical (unpaired) electrons. The molecule has 0 unspecified atom stereocenters. The smallest absolute Gasteiger partial charge is 0.274 e. The van der Waals surface area contributed by atoms with Gasteiger partial charge in [0.1, 0.15) is 5.69 Å². The Morgan fingerprint density at radius 2 is 2.27 bits per heavy atom. The molecule has 22 heavy (non-hydrogen) atoms. The van der Waals surface area contributed by atoms with Gasteiger partial charge in [0.15, 0.2) is 0 Å². The Labute approximate surface area is 133 Å². The van der Waals surface area contributed by atoms with Gasteiger partial charge >= 0.3 is 0 Å². The number of aryl methyl sites for hydroxylation is 1. The topological polar surface area (TPSA) is 55.2 Å². The molecule has 2 aromatic rings. The Balaban J connectivity index is 1.87. The SMILES string of the molecule is CCCn1nc(C(=O)N2CCC[C@H]2c2cccs2)ccc1=O. The number of likely N-dealkylation sites (tertiary alicyclic amines) is 1. The number of carbonyl (C=O) groups excluding carboxylic acids is 1. The number of carbonyl (C=O) groups is 1. The van der Waals surface area contributed by atoms with Gasteiger partial charge in [0.05, 0.1) is 6.04 Å². The minimum atomic E-state index is -0.158. The summed E-state index contributed by atoms with van der Waals surface area (Å²) < 4.78 is 1.38. The zero-order valence-corrected chi connectivity index (χ0v) is 13.4. The lowest BCUT2D eigenvalue weighted by molar-refractivity contribution is 0.0729. The van der Waals surface area contributed by atoms with E-state index in [4.69, 9.17) is 0 Å². The summed E-state index contributed by atoms with van der Waals surface area (Å²) in [5, 5.41) is 6.28. The van der Waals surface area contributed by atoms with E-state index in [1.165, 1.54) is 15.6 Å². The van der Waals surface area contributed by atoms with Crippen LogP contribution in [0.5, 0.6) is 0 Å². The Hall–Kier alpha value is -1.95. The van der Waals surface area contributed by atoms with Crippen LogP contribution in [0.2, 0.25) is 0 Å². The van der Waals surface area contributed by atoms with Crippen LogP contribution in [0.1, 0.15) is 47.6 Å². The first kappa shape index (κ1) is 15.0. The van der Waals surface area contributed by atoms with Crippen LogP contribution in [0.15, 0.2) is 34.4 Å². The normalized spacial score (nSPS) is 17.9. The summed E-state index contributed by atoms with van der Waals surface area (Å²) in [6, 6.07) is 7.21. The van der Waals surface area contributed by atoms with Gasteiger partial charge in [-0.1, -0.05) is 13.0 Å². The fraction of sp³-hybridized carbons (Fsp3) is 0.438. The number of nitrogens with zero attached hydrogens (tertiary/aromatic N) is 3. The molecular weight excluding hydrogens is 298 g/mol. The van der Waals surface area contributed by atoms with Crippen molar-refractivity contribution in [2.75, 3.05) is 6.54 Å². The van der Waals surface area contributed by atoms with Gasteiger partial charge < -0.3 is 4.90 Å². The molecule has 1 fully saturated rings. The third-order valence-corrected chi connectivity index (χ3v) is 4.88. The van der Waals surface area contributed by atoms with Gasteiger partial charge in [0.25, 0.3) is 11.5 Å². The van der Waals surface area contributed by atoms with E-state index in [2.05, 4.69) is 11.2 Å². The van der Waals surface area contributed by atoms with Crippen LogP contribution in [0.25, 0.3) is 0 Å². The van der Waals surface area contributed by atoms with Crippen LogP contribution >= 0.6 is 11.3 Å². The highest BCUT2D eigenvalue weighted by Gasteiger charge is 2.32. The molecule has 3 rings (SSSR count). The van der Waals surface area contributed by atoms with Gasteiger partial charge in [-0.15, -0.1) is 11.3 Å². The second kappa shape index (κ2) is 6.44. The fourth-order valence-corrected chi connectivity index (χ4v) is 3.74. The van der Waals surface area contributed by atoms with E-state index in [1.54, 1.807) is 17.4 Å². The standard InChI is InChI=1S/C16H19N3O2S/c1-2-9-19-15(20)8-7-12(17-19)16(21)18-10-3-5-13(18)14-6-4-11-22-14/h4,6-8,11,13H,2-3,5,9-10H2,1H3/t13-/m0/s1. The van der Waals surface area contributed by atoms with Gasteiger partial charge in [-0.3, -0.25) is 9.59 Å². The molecule has 0 N–H and O–H groups in total. The fourth-order valence-electron chi connectivity index (χ4n) is 2.87. The highest BCUT2D eigenvalue weighted by molar-refractivity contribution is 7.10. The van der Waals surface area contributed by atoms with Gasteiger partial charge in [0, 0.05) is 24.0 Å². The molecule has 1 aliphatic rings. The second-order valence-electron chi connectivity index (χ2n) is 5.45. The molecular formula is C16H19N3O2S. The number of hydrogen-bond donors (Lipinski definition) is 0. The van der Waals surface area contributed by atoms with Crippen molar-refractivity contribution >= 4 is 17.2 Å². The zero-order valence-electron chi connectivity index (χ0n) is 12.6. The summed E-state index contributed by atoms with van der Waals surface area (Å²) in [7, 11) is 0. The predicted octanol–water partition coefficient (Wildman–Crippen LogP) is 2.69. The molecule has 3 heterocycles. The van der Waals surface area contributed by atoms with Gasteiger partial charge in [-0.05, 0) is 36.8 Å². The van der Waals surface area contributed by atoms with Crippen molar-refractivity contribution in [1.29, 1.82) is 0 Å². The quantitative estimate of drug-likeness (QED) is 0.871. The van der Waals surface area contributed by atoms with Crippen LogP contribution in [0, 0.1) is 0 Å². The molecule has 0 aromatic carbocycles. The number of rotatable bonds is 4. The summed E-state index contributed by atoms with van der Waals surface area (Å²) in [4.78, 5) is 27.6. The van der Waals surface area contributed by atoms with E-state index in [0.29, 0.717) is 12.2 Å². The van der Waals surface area contributed by atoms with Crippen molar-refractivity contribution in [3.05, 3.63) is 50.6 Å². The first-order valence-electron chi connectivity index (χ1n) is 7.63. The molecule has 5 nitrogen and oxygen atoms in total. The lowest BCUT2D eigenvalue weighted by atomic mass is 10.2. The maximum absolute atomic E-state index is 12.8. The summed E-state index contributed by atoms with van der Waals surface area (Å²) >= 11 is 1.68. The molecule has 0 saturated carbocycles. The van der Waals surface area contributed by atoms with Crippen LogP contribution < -0.4 is 5.56 Å². The Morgan fingerprint density at radius 1 is 1.41 bits per heavy atom. The van der Waals surface area contributed by atoms with Gasteiger partial charge in [-0.2, -0.15) is 5.10 Å². The van der Waals surface area contributed by atoms with E-state index < -0.39 is 0 Å². The number of thiophene rings is 1. The summed E-state index contributed by atoms with van der Waals surface area (Å²) in [5.41, 5.74) is 0.200. The second-order valence-corrected chi connectivity index (χ2v) is 6.43. The van der Waals surface area contributed by atoms with Crippen LogP contribution in [0.4, 0.5) is 0 Å². The van der Waals surface area contributed by atoms with Crippen molar-refractivity contribution in [1.82, 2.24) is 14.7 Å². The van der Waals surface area contributed by atoms with E-state index in [-0.39, 0.29) is 17.5 Å². The summed E-state index contributed by atoms with van der Waals surface area (Å²) in [6.45, 7) is 3.26. The largest absolute Gasteiger partial charge is 0.329 e.